The number of anilines is 3. The van der Waals surface area contributed by atoms with E-state index in [1.54, 1.807) is 20.0 Å². The van der Waals surface area contributed by atoms with Crippen LogP contribution in [0.25, 0.3) is 0 Å². The number of hydrogen-bond acceptors (Lipinski definition) is 5. The van der Waals surface area contributed by atoms with E-state index in [4.69, 9.17) is 0 Å². The third-order valence-corrected chi connectivity index (χ3v) is 7.33. The number of carboxylic acid groups (broad SMARTS) is 1. The highest BCUT2D eigenvalue weighted by Gasteiger charge is 2.32. The quantitative estimate of drug-likeness (QED) is 0.276. The summed E-state index contributed by atoms with van der Waals surface area (Å²) in [6, 6.07) is 14.9. The van der Waals surface area contributed by atoms with Crippen LogP contribution in [0.1, 0.15) is 42.0 Å². The summed E-state index contributed by atoms with van der Waals surface area (Å²) >= 11 is 0. The van der Waals surface area contributed by atoms with Gasteiger partial charge in [0.25, 0.3) is 0 Å². The van der Waals surface area contributed by atoms with Crippen molar-refractivity contribution in [1.82, 2.24) is 4.98 Å². The van der Waals surface area contributed by atoms with Gasteiger partial charge in [-0.3, -0.25) is 0 Å². The molecular weight excluding hydrogens is 505 g/mol. The van der Waals surface area contributed by atoms with E-state index in [9.17, 15) is 23.1 Å². The lowest BCUT2D eigenvalue weighted by Gasteiger charge is -2.34. The minimum absolute atomic E-state index is 0.209. The summed E-state index contributed by atoms with van der Waals surface area (Å²) in [6.07, 6.45) is 0.0245. The number of hydrogen-bond donors (Lipinski definition) is 3. The van der Waals surface area contributed by atoms with E-state index in [0.717, 1.165) is 61.7 Å². The molecule has 1 aliphatic heterocycles. The van der Waals surface area contributed by atoms with Crippen LogP contribution in [0.15, 0.2) is 60.8 Å². The van der Waals surface area contributed by atoms with Crippen LogP contribution in [0, 0.1) is 12.8 Å². The normalized spacial score (nSPS) is 15.2. The van der Waals surface area contributed by atoms with Crippen molar-refractivity contribution >= 4 is 23.2 Å². The highest BCUT2D eigenvalue weighted by Crippen LogP contribution is 2.34. The van der Waals surface area contributed by atoms with Gasteiger partial charge < -0.3 is 20.6 Å². The predicted molar refractivity (Wildman–Crippen MR) is 148 cm³/mol. The molecule has 208 valence electrons. The molecule has 39 heavy (non-hydrogen) atoms. The number of alkyl halides is 3. The molecule has 1 fully saturated rings. The maximum Gasteiger partial charge on any atom is 0.416 e. The van der Waals surface area contributed by atoms with Crippen LogP contribution in [-0.2, 0) is 23.8 Å². The summed E-state index contributed by atoms with van der Waals surface area (Å²) in [4.78, 5) is 18.7. The minimum atomic E-state index is -4.45. The molecule has 1 atom stereocenters. The largest absolute Gasteiger partial charge is 0.480 e. The summed E-state index contributed by atoms with van der Waals surface area (Å²) in [5.41, 5.74) is 2.50. The van der Waals surface area contributed by atoms with Crippen molar-refractivity contribution < 1.29 is 23.1 Å². The van der Waals surface area contributed by atoms with Crippen molar-refractivity contribution in [3.8, 4) is 0 Å². The molecule has 6 nitrogen and oxygen atoms in total. The molecule has 3 N–H and O–H groups in total. The van der Waals surface area contributed by atoms with Crippen LogP contribution >= 0.6 is 0 Å². The van der Waals surface area contributed by atoms with Crippen LogP contribution in [0.4, 0.5) is 30.4 Å². The zero-order chi connectivity index (χ0) is 28.0. The van der Waals surface area contributed by atoms with Crippen LogP contribution in [-0.4, -0.2) is 41.7 Å². The first-order valence-electron chi connectivity index (χ1n) is 13.3. The number of piperidine rings is 1. The third kappa shape index (κ3) is 7.43. The van der Waals surface area contributed by atoms with E-state index in [0.29, 0.717) is 29.2 Å². The summed E-state index contributed by atoms with van der Waals surface area (Å²) in [5, 5.41) is 16.3. The van der Waals surface area contributed by atoms with Crippen molar-refractivity contribution in [3.63, 3.8) is 0 Å². The second-order valence-electron chi connectivity index (χ2n) is 10.1. The molecule has 0 bridgehead atoms. The van der Waals surface area contributed by atoms with E-state index in [1.807, 2.05) is 42.5 Å². The Kier molecular flexibility index (Phi) is 8.99. The topological polar surface area (TPSA) is 77.5 Å². The summed E-state index contributed by atoms with van der Waals surface area (Å²) in [7, 11) is 0. The smallest absolute Gasteiger partial charge is 0.416 e. The number of carbonyl (C=O) groups is 1. The van der Waals surface area contributed by atoms with Crippen LogP contribution < -0.4 is 15.5 Å². The standard InChI is InChI=1S/C30H35F3N4O2/c1-3-23-18-24(30(31,32)33)16-20(2)28(23)36-26(29(38)39)17-21-7-9-25(10-8-21)37-14-11-22(12-15-37)19-35-27-6-4-5-13-34-27/h4-10,13,16,18,22,26,36H,3,11-12,14-15,17,19H2,1-2H3,(H,34,35)(H,38,39). The molecule has 0 aliphatic carbocycles. The van der Waals surface area contributed by atoms with Crippen LogP contribution in [0.5, 0.6) is 0 Å². The first-order valence-corrected chi connectivity index (χ1v) is 13.3. The van der Waals surface area contributed by atoms with Gasteiger partial charge >= 0.3 is 12.1 Å². The maximum absolute atomic E-state index is 13.3. The number of pyridine rings is 1. The van der Waals surface area contributed by atoms with Gasteiger partial charge in [0, 0.05) is 43.6 Å². The van der Waals surface area contributed by atoms with E-state index in [1.165, 1.54) is 0 Å². The van der Waals surface area contributed by atoms with Gasteiger partial charge in [-0.2, -0.15) is 13.2 Å². The number of carboxylic acids is 1. The third-order valence-electron chi connectivity index (χ3n) is 7.33. The van der Waals surface area contributed by atoms with Crippen molar-refractivity contribution in [2.75, 3.05) is 35.2 Å². The van der Waals surface area contributed by atoms with Gasteiger partial charge in [0.05, 0.1) is 5.56 Å². The second-order valence-corrected chi connectivity index (χ2v) is 10.1. The maximum atomic E-state index is 13.3. The van der Waals surface area contributed by atoms with Crippen molar-refractivity contribution in [2.24, 2.45) is 5.92 Å². The first-order chi connectivity index (χ1) is 18.6. The number of rotatable bonds is 10. The molecule has 1 saturated heterocycles. The minimum Gasteiger partial charge on any atom is -0.480 e. The molecule has 1 aromatic heterocycles. The Hall–Kier alpha value is -3.75. The number of halogens is 3. The molecule has 1 unspecified atom stereocenters. The molecule has 2 aromatic carbocycles. The average Bonchev–Trinajstić information content (AvgIpc) is 2.93. The highest BCUT2D eigenvalue weighted by atomic mass is 19.4. The number of aryl methyl sites for hydroxylation is 2. The molecule has 2 heterocycles. The number of aliphatic carboxylic acids is 1. The number of aromatic nitrogens is 1. The summed E-state index contributed by atoms with van der Waals surface area (Å²) in [5.74, 6) is 0.414. The fourth-order valence-electron chi connectivity index (χ4n) is 5.07. The van der Waals surface area contributed by atoms with Gasteiger partial charge in [-0.05, 0) is 85.2 Å². The fraction of sp³-hybridized carbons (Fsp3) is 0.400. The Morgan fingerprint density at radius 3 is 2.44 bits per heavy atom. The van der Waals surface area contributed by atoms with Gasteiger partial charge in [-0.15, -0.1) is 0 Å². The van der Waals surface area contributed by atoms with Gasteiger partial charge in [0.15, 0.2) is 0 Å². The van der Waals surface area contributed by atoms with Gasteiger partial charge in [-0.25, -0.2) is 9.78 Å². The molecule has 9 heteroatoms. The average molecular weight is 541 g/mol. The summed E-state index contributed by atoms with van der Waals surface area (Å²) < 4.78 is 39.8. The van der Waals surface area contributed by atoms with E-state index in [2.05, 4.69) is 20.5 Å². The second kappa shape index (κ2) is 12.4. The first kappa shape index (κ1) is 28.3. The molecule has 0 spiro atoms. The van der Waals surface area contributed by atoms with Crippen molar-refractivity contribution in [2.45, 2.75) is 51.7 Å². The zero-order valence-electron chi connectivity index (χ0n) is 22.3. The van der Waals surface area contributed by atoms with E-state index >= 15 is 0 Å². The Morgan fingerprint density at radius 1 is 1.13 bits per heavy atom. The molecular formula is C30H35F3N4O2. The molecule has 0 radical (unpaired) electrons. The van der Waals surface area contributed by atoms with Crippen LogP contribution in [0.3, 0.4) is 0 Å². The van der Waals surface area contributed by atoms with Gasteiger partial charge in [-0.1, -0.05) is 25.1 Å². The molecule has 4 rings (SSSR count). The predicted octanol–water partition coefficient (Wildman–Crippen LogP) is 6.41. The Morgan fingerprint density at radius 2 is 1.85 bits per heavy atom. The van der Waals surface area contributed by atoms with E-state index in [-0.39, 0.29) is 6.42 Å². The Labute approximate surface area is 227 Å². The Balaban J connectivity index is 1.35. The van der Waals surface area contributed by atoms with E-state index < -0.39 is 23.8 Å². The lowest BCUT2D eigenvalue weighted by atomic mass is 9.96. The van der Waals surface area contributed by atoms with Crippen LogP contribution in [0.2, 0.25) is 0 Å². The number of benzene rings is 2. The molecule has 0 amide bonds. The van der Waals surface area contributed by atoms with Crippen molar-refractivity contribution in [3.05, 3.63) is 83.0 Å². The number of nitrogens with one attached hydrogen (secondary N) is 2. The van der Waals surface area contributed by atoms with Gasteiger partial charge in [0.1, 0.15) is 11.9 Å². The number of nitrogens with zero attached hydrogens (tertiary/aromatic N) is 2. The highest BCUT2D eigenvalue weighted by molar-refractivity contribution is 5.79. The molecule has 1 aliphatic rings. The lowest BCUT2D eigenvalue weighted by Crippen LogP contribution is -2.36. The summed E-state index contributed by atoms with van der Waals surface area (Å²) in [6.45, 7) is 6.11. The fourth-order valence-corrected chi connectivity index (χ4v) is 5.07. The lowest BCUT2D eigenvalue weighted by molar-refractivity contribution is -0.138. The van der Waals surface area contributed by atoms with Gasteiger partial charge in [0.2, 0.25) is 0 Å². The SMILES string of the molecule is CCc1cc(C(F)(F)F)cc(C)c1NC(Cc1ccc(N2CCC(CNc3ccccn3)CC2)cc1)C(=O)O. The Bertz CT molecular complexity index is 1240. The van der Waals surface area contributed by atoms with Crippen molar-refractivity contribution in [1.29, 1.82) is 0 Å². The monoisotopic (exact) mass is 540 g/mol. The zero-order valence-corrected chi connectivity index (χ0v) is 22.3. The molecule has 0 saturated carbocycles. The molecule has 3 aromatic rings.